The summed E-state index contributed by atoms with van der Waals surface area (Å²) in [4.78, 5) is 14.0. The van der Waals surface area contributed by atoms with Crippen molar-refractivity contribution in [3.05, 3.63) is 0 Å². The van der Waals surface area contributed by atoms with Gasteiger partial charge in [-0.3, -0.25) is 4.79 Å². The summed E-state index contributed by atoms with van der Waals surface area (Å²) in [6, 6.07) is 0.591. The van der Waals surface area contributed by atoms with Gasteiger partial charge in [-0.15, -0.1) is 0 Å². The summed E-state index contributed by atoms with van der Waals surface area (Å²) >= 11 is 0. The van der Waals surface area contributed by atoms with Crippen LogP contribution >= 0.6 is 0 Å². The lowest BCUT2D eigenvalue weighted by atomic mass is 9.77. The van der Waals surface area contributed by atoms with Crippen LogP contribution in [0, 0.1) is 11.8 Å². The van der Waals surface area contributed by atoms with Crippen molar-refractivity contribution in [3.63, 3.8) is 0 Å². The smallest absolute Gasteiger partial charge is 0.225 e. The van der Waals surface area contributed by atoms with Gasteiger partial charge < -0.3 is 10.6 Å². The molecule has 1 amide bonds. The molecule has 0 heterocycles. The van der Waals surface area contributed by atoms with Gasteiger partial charge in [0.15, 0.2) is 0 Å². The van der Waals surface area contributed by atoms with E-state index in [2.05, 4.69) is 20.8 Å². The Morgan fingerprint density at radius 3 is 2.47 bits per heavy atom. The van der Waals surface area contributed by atoms with Crippen LogP contribution < -0.4 is 5.73 Å². The third kappa shape index (κ3) is 2.94. The summed E-state index contributed by atoms with van der Waals surface area (Å²) in [5, 5.41) is 0. The lowest BCUT2D eigenvalue weighted by Gasteiger charge is -2.35. The highest BCUT2D eigenvalue weighted by molar-refractivity contribution is 5.79. The number of rotatable bonds is 2. The molecular formula is C12H24N2O. The fourth-order valence-electron chi connectivity index (χ4n) is 2.32. The van der Waals surface area contributed by atoms with Crippen molar-refractivity contribution in [3.8, 4) is 0 Å². The topological polar surface area (TPSA) is 46.3 Å². The number of nitrogens with zero attached hydrogens (tertiary/aromatic N) is 1. The molecule has 0 saturated heterocycles. The van der Waals surface area contributed by atoms with E-state index in [1.54, 1.807) is 0 Å². The number of hydrogen-bond acceptors (Lipinski definition) is 2. The fraction of sp³-hybridized carbons (Fsp3) is 0.917. The van der Waals surface area contributed by atoms with Crippen molar-refractivity contribution in [2.45, 2.75) is 52.1 Å². The Morgan fingerprint density at radius 1 is 1.40 bits per heavy atom. The van der Waals surface area contributed by atoms with Crippen molar-refractivity contribution < 1.29 is 4.79 Å². The van der Waals surface area contributed by atoms with Gasteiger partial charge in [0.25, 0.3) is 0 Å². The highest BCUT2D eigenvalue weighted by Crippen LogP contribution is 2.30. The van der Waals surface area contributed by atoms with Gasteiger partial charge in [-0.2, -0.15) is 0 Å². The average Bonchev–Trinajstić information content (AvgIpc) is 2.15. The molecule has 3 unspecified atom stereocenters. The zero-order valence-corrected chi connectivity index (χ0v) is 10.4. The molecule has 0 aromatic heterocycles. The number of carbonyl (C=O) groups excluding carboxylic acids is 1. The van der Waals surface area contributed by atoms with E-state index in [1.165, 1.54) is 0 Å². The first-order valence-corrected chi connectivity index (χ1v) is 5.95. The van der Waals surface area contributed by atoms with Crippen LogP contribution in [0.15, 0.2) is 0 Å². The molecule has 2 N–H and O–H groups in total. The zero-order chi connectivity index (χ0) is 11.6. The minimum absolute atomic E-state index is 0.192. The normalized spacial score (nSPS) is 31.7. The third-order valence-corrected chi connectivity index (χ3v) is 3.65. The summed E-state index contributed by atoms with van der Waals surface area (Å²) in [6.45, 7) is 6.25. The molecule has 0 spiro atoms. The molecule has 1 rings (SSSR count). The first kappa shape index (κ1) is 12.5. The van der Waals surface area contributed by atoms with Crippen molar-refractivity contribution in [1.29, 1.82) is 0 Å². The maximum atomic E-state index is 12.1. The predicted octanol–water partition coefficient (Wildman–Crippen LogP) is 1.62. The Bertz CT molecular complexity index is 228. The molecule has 15 heavy (non-hydrogen) atoms. The molecule has 0 aromatic carbocycles. The highest BCUT2D eigenvalue weighted by Gasteiger charge is 2.33. The van der Waals surface area contributed by atoms with Gasteiger partial charge in [0, 0.05) is 25.0 Å². The van der Waals surface area contributed by atoms with Crippen LogP contribution in [-0.2, 0) is 4.79 Å². The maximum Gasteiger partial charge on any atom is 0.225 e. The first-order chi connectivity index (χ1) is 6.93. The molecule has 3 atom stereocenters. The second kappa shape index (κ2) is 4.97. The molecule has 0 radical (unpaired) electrons. The van der Waals surface area contributed by atoms with Crippen LogP contribution in [0.3, 0.4) is 0 Å². The van der Waals surface area contributed by atoms with E-state index in [-0.39, 0.29) is 5.92 Å². The number of carbonyl (C=O) groups is 1. The largest absolute Gasteiger partial charge is 0.343 e. The Balaban J connectivity index is 2.60. The molecule has 0 bridgehead atoms. The molecule has 1 saturated carbocycles. The monoisotopic (exact) mass is 212 g/mol. The molecule has 0 aromatic rings. The van der Waals surface area contributed by atoms with E-state index < -0.39 is 0 Å². The van der Waals surface area contributed by atoms with Gasteiger partial charge in [-0.1, -0.05) is 6.92 Å². The number of hydrogen-bond donors (Lipinski definition) is 1. The molecule has 3 nitrogen and oxygen atoms in total. The number of nitrogens with two attached hydrogens (primary N) is 1. The van der Waals surface area contributed by atoms with E-state index in [4.69, 9.17) is 5.73 Å². The van der Waals surface area contributed by atoms with Gasteiger partial charge in [0.2, 0.25) is 5.91 Å². The lowest BCUT2D eigenvalue weighted by Crippen LogP contribution is -2.43. The molecule has 1 aliphatic rings. The summed E-state index contributed by atoms with van der Waals surface area (Å²) in [5.74, 6) is 0.920. The van der Waals surface area contributed by atoms with Crippen LogP contribution in [0.2, 0.25) is 0 Å². The second-order valence-electron chi connectivity index (χ2n) is 5.20. The van der Waals surface area contributed by atoms with E-state index in [9.17, 15) is 4.79 Å². The molecule has 1 fully saturated rings. The lowest BCUT2D eigenvalue weighted by molar-refractivity contribution is -0.138. The average molecular weight is 212 g/mol. The van der Waals surface area contributed by atoms with Gasteiger partial charge in [-0.25, -0.2) is 0 Å². The highest BCUT2D eigenvalue weighted by atomic mass is 16.2. The van der Waals surface area contributed by atoms with Crippen LogP contribution in [0.25, 0.3) is 0 Å². The van der Waals surface area contributed by atoms with Gasteiger partial charge in [0.1, 0.15) is 0 Å². The van der Waals surface area contributed by atoms with Gasteiger partial charge >= 0.3 is 0 Å². The molecule has 1 aliphatic carbocycles. The molecular weight excluding hydrogens is 188 g/mol. The van der Waals surface area contributed by atoms with E-state index in [1.807, 2.05) is 11.9 Å². The molecule has 0 aliphatic heterocycles. The minimum atomic E-state index is 0.192. The third-order valence-electron chi connectivity index (χ3n) is 3.65. The second-order valence-corrected chi connectivity index (χ2v) is 5.20. The summed E-state index contributed by atoms with van der Waals surface area (Å²) < 4.78 is 0. The van der Waals surface area contributed by atoms with Gasteiger partial charge in [0.05, 0.1) is 0 Å². The van der Waals surface area contributed by atoms with E-state index in [0.29, 0.717) is 23.9 Å². The first-order valence-electron chi connectivity index (χ1n) is 5.95. The maximum absolute atomic E-state index is 12.1. The quantitative estimate of drug-likeness (QED) is 0.756. The van der Waals surface area contributed by atoms with Gasteiger partial charge in [-0.05, 0) is 39.0 Å². The summed E-state index contributed by atoms with van der Waals surface area (Å²) in [5.41, 5.74) is 5.90. The van der Waals surface area contributed by atoms with Crippen LogP contribution in [0.4, 0.5) is 0 Å². The SMILES string of the molecule is CC1CC(N)CCC1C(=O)N(C)C(C)C. The van der Waals surface area contributed by atoms with E-state index in [0.717, 1.165) is 19.3 Å². The Hall–Kier alpha value is -0.570. The van der Waals surface area contributed by atoms with Crippen LogP contribution in [0.5, 0.6) is 0 Å². The Morgan fingerprint density at radius 2 is 2.00 bits per heavy atom. The predicted molar refractivity (Wildman–Crippen MR) is 62.4 cm³/mol. The minimum Gasteiger partial charge on any atom is -0.343 e. The molecule has 88 valence electrons. The van der Waals surface area contributed by atoms with Crippen molar-refractivity contribution >= 4 is 5.91 Å². The van der Waals surface area contributed by atoms with Crippen molar-refractivity contribution in [2.24, 2.45) is 17.6 Å². The summed E-state index contributed by atoms with van der Waals surface area (Å²) in [7, 11) is 1.90. The summed E-state index contributed by atoms with van der Waals surface area (Å²) in [6.07, 6.45) is 2.94. The van der Waals surface area contributed by atoms with Crippen LogP contribution in [-0.4, -0.2) is 29.9 Å². The molecule has 3 heteroatoms. The van der Waals surface area contributed by atoms with Crippen LogP contribution in [0.1, 0.15) is 40.0 Å². The van der Waals surface area contributed by atoms with Crippen molar-refractivity contribution in [1.82, 2.24) is 4.90 Å². The fourth-order valence-corrected chi connectivity index (χ4v) is 2.32. The number of amides is 1. The Kier molecular flexibility index (Phi) is 4.14. The van der Waals surface area contributed by atoms with E-state index >= 15 is 0 Å². The Labute approximate surface area is 93.0 Å². The van der Waals surface area contributed by atoms with Crippen molar-refractivity contribution in [2.75, 3.05) is 7.05 Å². The zero-order valence-electron chi connectivity index (χ0n) is 10.4. The standard InChI is InChI=1S/C12H24N2O/c1-8(2)14(4)12(15)11-6-5-10(13)7-9(11)3/h8-11H,5-7,13H2,1-4H3.